The van der Waals surface area contributed by atoms with Crippen molar-refractivity contribution < 1.29 is 9.53 Å². The van der Waals surface area contributed by atoms with Gasteiger partial charge in [-0.1, -0.05) is 59.8 Å². The van der Waals surface area contributed by atoms with Crippen molar-refractivity contribution in [3.8, 4) is 0 Å². The zero-order valence-corrected chi connectivity index (χ0v) is 19.5. The summed E-state index contributed by atoms with van der Waals surface area (Å²) in [6, 6.07) is 12.6. The van der Waals surface area contributed by atoms with Crippen LogP contribution in [0, 0.1) is 0 Å². The van der Waals surface area contributed by atoms with E-state index in [4.69, 9.17) is 28.6 Å². The van der Waals surface area contributed by atoms with Gasteiger partial charge in [-0.15, -0.1) is 0 Å². The molecule has 10 heteroatoms. The van der Waals surface area contributed by atoms with Crippen LogP contribution in [0.1, 0.15) is 11.1 Å². The summed E-state index contributed by atoms with van der Waals surface area (Å²) in [5.41, 5.74) is 1.29. The minimum Gasteiger partial charge on any atom is -0.383 e. The maximum Gasteiger partial charge on any atom is 0.267 e. The Kier molecular flexibility index (Phi) is 6.90. The normalized spacial score (nSPS) is 15.2. The Hall–Kier alpha value is -2.72. The van der Waals surface area contributed by atoms with E-state index >= 15 is 0 Å². The first-order chi connectivity index (χ1) is 15.5. The van der Waals surface area contributed by atoms with E-state index in [1.54, 1.807) is 43.6 Å². The molecule has 1 aliphatic rings. The van der Waals surface area contributed by atoms with Gasteiger partial charge in [0.15, 0.2) is 0 Å². The molecule has 2 aromatic heterocycles. The molecule has 0 radical (unpaired) electrons. The lowest BCUT2D eigenvalue weighted by atomic mass is 10.2. The number of benzene rings is 1. The van der Waals surface area contributed by atoms with Gasteiger partial charge in [-0.05, 0) is 29.8 Å². The zero-order valence-electron chi connectivity index (χ0n) is 17.1. The number of carbonyl (C=O) groups is 1. The maximum atomic E-state index is 13.2. The summed E-state index contributed by atoms with van der Waals surface area (Å²) in [4.78, 5) is 32.7. The molecule has 3 heterocycles. The second-order valence-electron chi connectivity index (χ2n) is 6.89. The Morgan fingerprint density at radius 2 is 2.00 bits per heavy atom. The van der Waals surface area contributed by atoms with Crippen molar-refractivity contribution >= 4 is 63.3 Å². The molecule has 32 heavy (non-hydrogen) atoms. The van der Waals surface area contributed by atoms with E-state index in [1.165, 1.54) is 9.30 Å². The number of fused-ring (bicyclic) bond motifs is 1. The average Bonchev–Trinajstić information content (AvgIpc) is 3.05. The average molecular weight is 487 g/mol. The minimum absolute atomic E-state index is 0.260. The van der Waals surface area contributed by atoms with Crippen molar-refractivity contribution in [1.82, 2.24) is 14.3 Å². The van der Waals surface area contributed by atoms with Gasteiger partial charge in [0.25, 0.3) is 11.5 Å². The number of thiocarbonyl (C=S) groups is 1. The van der Waals surface area contributed by atoms with Crippen molar-refractivity contribution in [2.24, 2.45) is 0 Å². The number of methoxy groups -OCH3 is 1. The molecular formula is C22H19ClN4O3S2. The Labute approximate surface area is 199 Å². The molecule has 0 spiro atoms. The lowest BCUT2D eigenvalue weighted by Gasteiger charge is -2.15. The van der Waals surface area contributed by atoms with E-state index in [0.717, 1.165) is 17.3 Å². The van der Waals surface area contributed by atoms with Gasteiger partial charge >= 0.3 is 0 Å². The Morgan fingerprint density at radius 3 is 2.78 bits per heavy atom. The Bertz CT molecular complexity index is 1290. The van der Waals surface area contributed by atoms with Crippen LogP contribution in [0.5, 0.6) is 0 Å². The summed E-state index contributed by atoms with van der Waals surface area (Å²) < 4.78 is 6.93. The summed E-state index contributed by atoms with van der Waals surface area (Å²) in [5.74, 6) is 0.106. The third kappa shape index (κ3) is 4.56. The van der Waals surface area contributed by atoms with Crippen molar-refractivity contribution in [2.45, 2.75) is 6.54 Å². The van der Waals surface area contributed by atoms with Gasteiger partial charge in [0.2, 0.25) is 0 Å². The summed E-state index contributed by atoms with van der Waals surface area (Å²) in [6.45, 7) is 1.16. The van der Waals surface area contributed by atoms with Crippen LogP contribution in [-0.4, -0.2) is 44.8 Å². The van der Waals surface area contributed by atoms with E-state index in [0.29, 0.717) is 38.9 Å². The van der Waals surface area contributed by atoms with Crippen LogP contribution in [0.3, 0.4) is 0 Å². The number of halogens is 1. The molecule has 1 fully saturated rings. The molecule has 1 N–H and O–H groups in total. The lowest BCUT2D eigenvalue weighted by molar-refractivity contribution is -0.122. The van der Waals surface area contributed by atoms with Crippen LogP contribution in [-0.2, 0) is 16.1 Å². The first-order valence-corrected chi connectivity index (χ1v) is 11.3. The highest BCUT2D eigenvalue weighted by Gasteiger charge is 2.33. The second-order valence-corrected chi connectivity index (χ2v) is 8.97. The summed E-state index contributed by atoms with van der Waals surface area (Å²) in [6.07, 6.45) is 3.19. The first kappa shape index (κ1) is 22.5. The summed E-state index contributed by atoms with van der Waals surface area (Å²) in [5, 5.41) is 3.69. The molecule has 0 bridgehead atoms. The van der Waals surface area contributed by atoms with Gasteiger partial charge in [-0.3, -0.25) is 18.9 Å². The van der Waals surface area contributed by atoms with Crippen LogP contribution in [0.15, 0.2) is 58.4 Å². The van der Waals surface area contributed by atoms with Crippen molar-refractivity contribution in [2.75, 3.05) is 25.6 Å². The Balaban J connectivity index is 1.71. The quantitative estimate of drug-likeness (QED) is 0.309. The zero-order chi connectivity index (χ0) is 22.7. The fourth-order valence-corrected chi connectivity index (χ4v) is 4.64. The smallest absolute Gasteiger partial charge is 0.267 e. The minimum atomic E-state index is -0.285. The lowest BCUT2D eigenvalue weighted by Crippen LogP contribution is -2.27. The maximum absolute atomic E-state index is 13.2. The standard InChI is InChI=1S/C22H19ClN4O3S2/c1-30-11-9-24-19-15(20(28)26-10-5-4-8-18(26)25-19)12-17-21(29)27(22(31)32-17)13-14-6-2-3-7-16(14)23/h2-8,10,12,24H,9,11,13H2,1H3/b17-12+. The number of pyridine rings is 1. The van der Waals surface area contributed by atoms with Crippen LogP contribution in [0.4, 0.5) is 5.82 Å². The molecule has 1 amide bonds. The van der Waals surface area contributed by atoms with Gasteiger partial charge in [0, 0.05) is 24.9 Å². The summed E-state index contributed by atoms with van der Waals surface area (Å²) >= 11 is 12.8. The topological polar surface area (TPSA) is 75.9 Å². The molecule has 0 aliphatic carbocycles. The SMILES string of the molecule is COCCNc1nc2ccccn2c(=O)c1/C=C1/SC(=S)N(Cc2ccccc2Cl)C1=O. The fourth-order valence-electron chi connectivity index (χ4n) is 3.20. The highest BCUT2D eigenvalue weighted by Crippen LogP contribution is 2.34. The molecular weight excluding hydrogens is 468 g/mol. The molecule has 7 nitrogen and oxygen atoms in total. The fraction of sp³-hybridized carbons (Fsp3) is 0.182. The van der Waals surface area contributed by atoms with E-state index in [-0.39, 0.29) is 23.6 Å². The number of anilines is 1. The number of aromatic nitrogens is 2. The Morgan fingerprint density at radius 1 is 1.22 bits per heavy atom. The monoisotopic (exact) mass is 486 g/mol. The number of nitrogens with one attached hydrogen (secondary N) is 1. The number of rotatable bonds is 7. The van der Waals surface area contributed by atoms with E-state index in [1.807, 2.05) is 18.2 Å². The van der Waals surface area contributed by atoms with Crippen LogP contribution in [0.2, 0.25) is 5.02 Å². The van der Waals surface area contributed by atoms with Crippen LogP contribution < -0.4 is 10.9 Å². The predicted molar refractivity (Wildman–Crippen MR) is 132 cm³/mol. The second kappa shape index (κ2) is 9.83. The van der Waals surface area contributed by atoms with Gasteiger partial charge in [-0.2, -0.15) is 0 Å². The molecule has 1 saturated heterocycles. The molecule has 0 atom stereocenters. The van der Waals surface area contributed by atoms with Gasteiger partial charge in [0.05, 0.1) is 23.6 Å². The predicted octanol–water partition coefficient (Wildman–Crippen LogP) is 3.81. The van der Waals surface area contributed by atoms with Gasteiger partial charge in [-0.25, -0.2) is 4.98 Å². The third-order valence-corrected chi connectivity index (χ3v) is 6.55. The van der Waals surface area contributed by atoms with Crippen molar-refractivity contribution in [3.05, 3.63) is 80.1 Å². The number of amides is 1. The van der Waals surface area contributed by atoms with Crippen molar-refractivity contribution in [3.63, 3.8) is 0 Å². The molecule has 0 saturated carbocycles. The van der Waals surface area contributed by atoms with E-state index in [2.05, 4.69) is 10.3 Å². The molecule has 3 aromatic rings. The van der Waals surface area contributed by atoms with Crippen molar-refractivity contribution in [1.29, 1.82) is 0 Å². The number of hydrogen-bond acceptors (Lipinski definition) is 7. The largest absolute Gasteiger partial charge is 0.383 e. The van der Waals surface area contributed by atoms with Crippen LogP contribution in [0.25, 0.3) is 11.7 Å². The first-order valence-electron chi connectivity index (χ1n) is 9.72. The highest BCUT2D eigenvalue weighted by molar-refractivity contribution is 8.26. The van der Waals surface area contributed by atoms with E-state index < -0.39 is 0 Å². The molecule has 164 valence electrons. The third-order valence-electron chi connectivity index (χ3n) is 4.80. The number of thioether (sulfide) groups is 1. The number of hydrogen-bond donors (Lipinski definition) is 1. The molecule has 1 aromatic carbocycles. The number of carbonyl (C=O) groups excluding carboxylic acids is 1. The highest BCUT2D eigenvalue weighted by atomic mass is 35.5. The molecule has 1 aliphatic heterocycles. The van der Waals surface area contributed by atoms with Gasteiger partial charge < -0.3 is 10.1 Å². The molecule has 0 unspecified atom stereocenters. The van der Waals surface area contributed by atoms with Gasteiger partial charge in [0.1, 0.15) is 15.8 Å². The summed E-state index contributed by atoms with van der Waals surface area (Å²) in [7, 11) is 1.59. The van der Waals surface area contributed by atoms with E-state index in [9.17, 15) is 9.59 Å². The molecule has 4 rings (SSSR count). The number of ether oxygens (including phenoxy) is 1. The van der Waals surface area contributed by atoms with Crippen LogP contribution >= 0.6 is 35.6 Å². The number of nitrogens with zero attached hydrogens (tertiary/aromatic N) is 3.